The first-order valence-corrected chi connectivity index (χ1v) is 10.4. The molecule has 0 bridgehead atoms. The van der Waals surface area contributed by atoms with Crippen molar-refractivity contribution >= 4 is 46.4 Å². The maximum Gasteiger partial charge on any atom is 0.265 e. The number of hydrogen-bond donors (Lipinski definition) is 1. The number of rotatable bonds is 4. The Morgan fingerprint density at radius 2 is 1.77 bits per heavy atom. The van der Waals surface area contributed by atoms with Crippen LogP contribution in [0.5, 0.6) is 5.75 Å². The Morgan fingerprint density at radius 1 is 1.06 bits per heavy atom. The average molecular weight is 443 g/mol. The number of halogens is 1. The third kappa shape index (κ3) is 4.74. The van der Waals surface area contributed by atoms with Crippen molar-refractivity contribution in [1.82, 2.24) is 4.90 Å². The second kappa shape index (κ2) is 8.85. The molecule has 1 N–H and O–H groups in total. The monoisotopic (exact) mass is 442 g/mol. The van der Waals surface area contributed by atoms with Gasteiger partial charge < -0.3 is 19.9 Å². The zero-order valence-electron chi connectivity index (χ0n) is 17.1. The van der Waals surface area contributed by atoms with Gasteiger partial charge in [0.05, 0.1) is 5.69 Å². The van der Waals surface area contributed by atoms with Gasteiger partial charge in [-0.1, -0.05) is 11.6 Å². The second-order valence-corrected chi connectivity index (χ2v) is 7.91. The van der Waals surface area contributed by atoms with Crippen molar-refractivity contribution in [3.63, 3.8) is 0 Å². The molecule has 0 saturated carbocycles. The van der Waals surface area contributed by atoms with E-state index in [0.717, 1.165) is 18.8 Å². The van der Waals surface area contributed by atoms with E-state index in [9.17, 15) is 14.4 Å². The van der Waals surface area contributed by atoms with Crippen LogP contribution in [0.15, 0.2) is 42.5 Å². The summed E-state index contributed by atoms with van der Waals surface area (Å²) in [5, 5.41) is 3.29. The Balaban J connectivity index is 1.37. The number of anilines is 3. The van der Waals surface area contributed by atoms with Crippen LogP contribution in [-0.4, -0.2) is 62.0 Å². The highest BCUT2D eigenvalue weighted by Gasteiger charge is 2.27. The number of fused-ring (bicyclic) bond motifs is 1. The van der Waals surface area contributed by atoms with E-state index >= 15 is 0 Å². The van der Waals surface area contributed by atoms with E-state index in [2.05, 4.69) is 10.2 Å². The van der Waals surface area contributed by atoms with Crippen LogP contribution in [-0.2, 0) is 14.4 Å². The number of nitrogens with one attached hydrogen (secondary N) is 1. The molecule has 4 rings (SSSR count). The highest BCUT2D eigenvalue weighted by atomic mass is 35.5. The summed E-state index contributed by atoms with van der Waals surface area (Å²) in [6, 6.07) is 12.5. The minimum absolute atomic E-state index is 0.0985. The number of benzene rings is 2. The Labute approximate surface area is 185 Å². The summed E-state index contributed by atoms with van der Waals surface area (Å²) >= 11 is 6.04. The molecule has 8 nitrogen and oxygen atoms in total. The van der Waals surface area contributed by atoms with Crippen LogP contribution in [0.1, 0.15) is 6.92 Å². The number of carbonyl (C=O) groups is 3. The molecule has 1 fully saturated rings. The molecule has 0 aromatic heterocycles. The quantitative estimate of drug-likeness (QED) is 0.786. The van der Waals surface area contributed by atoms with Crippen LogP contribution >= 0.6 is 11.6 Å². The largest absolute Gasteiger partial charge is 0.482 e. The smallest absolute Gasteiger partial charge is 0.265 e. The summed E-state index contributed by atoms with van der Waals surface area (Å²) in [7, 11) is 0. The number of ether oxygens (including phenoxy) is 1. The molecule has 9 heteroatoms. The van der Waals surface area contributed by atoms with E-state index in [4.69, 9.17) is 16.3 Å². The number of hydrogen-bond acceptors (Lipinski definition) is 5. The first-order chi connectivity index (χ1) is 14.9. The van der Waals surface area contributed by atoms with E-state index in [1.54, 1.807) is 25.1 Å². The van der Waals surface area contributed by atoms with Crippen molar-refractivity contribution in [2.75, 3.05) is 54.4 Å². The molecule has 3 amide bonds. The third-order valence-electron chi connectivity index (χ3n) is 5.41. The Morgan fingerprint density at radius 3 is 2.45 bits per heavy atom. The van der Waals surface area contributed by atoms with Crippen molar-refractivity contribution in [3.05, 3.63) is 47.5 Å². The molecule has 0 atom stereocenters. The fraction of sp³-hybridized carbons (Fsp3) is 0.318. The maximum atomic E-state index is 12.6. The number of nitrogens with zero attached hydrogens (tertiary/aromatic N) is 3. The van der Waals surface area contributed by atoms with E-state index in [1.807, 2.05) is 29.2 Å². The summed E-state index contributed by atoms with van der Waals surface area (Å²) in [6.45, 7) is 4.28. The van der Waals surface area contributed by atoms with Gasteiger partial charge in [0.25, 0.3) is 5.91 Å². The molecule has 0 unspecified atom stereocenters. The fourth-order valence-electron chi connectivity index (χ4n) is 3.73. The van der Waals surface area contributed by atoms with Crippen LogP contribution in [0.3, 0.4) is 0 Å². The van der Waals surface area contributed by atoms with Crippen LogP contribution in [0.4, 0.5) is 17.1 Å². The molecule has 31 heavy (non-hydrogen) atoms. The van der Waals surface area contributed by atoms with Crippen LogP contribution in [0.25, 0.3) is 0 Å². The standard InChI is InChI=1S/C22H23ClN4O4/c1-15(28)25-8-10-26(11-9-25)18-5-3-17(4-6-18)24-21(29)13-27-19-12-16(23)2-7-20(19)31-14-22(27)30/h2-7,12H,8-11,13-14H2,1H3,(H,24,29). The van der Waals surface area contributed by atoms with Gasteiger partial charge in [-0.15, -0.1) is 0 Å². The molecule has 0 aliphatic carbocycles. The van der Waals surface area contributed by atoms with Crippen molar-refractivity contribution in [2.45, 2.75) is 6.92 Å². The van der Waals surface area contributed by atoms with E-state index in [0.29, 0.717) is 35.2 Å². The number of piperazine rings is 1. The van der Waals surface area contributed by atoms with Crippen molar-refractivity contribution in [1.29, 1.82) is 0 Å². The predicted octanol–water partition coefficient (Wildman–Crippen LogP) is 2.37. The maximum absolute atomic E-state index is 12.6. The predicted molar refractivity (Wildman–Crippen MR) is 119 cm³/mol. The van der Waals surface area contributed by atoms with Gasteiger partial charge in [-0.05, 0) is 42.5 Å². The molecule has 2 aromatic carbocycles. The minimum atomic E-state index is -0.316. The molecule has 162 valence electrons. The molecule has 2 heterocycles. The Hall–Kier alpha value is -3.26. The van der Waals surface area contributed by atoms with E-state index in [-0.39, 0.29) is 30.9 Å². The molecular weight excluding hydrogens is 420 g/mol. The fourth-order valence-corrected chi connectivity index (χ4v) is 3.89. The van der Waals surface area contributed by atoms with Crippen LogP contribution < -0.4 is 19.9 Å². The van der Waals surface area contributed by atoms with Gasteiger partial charge in [-0.25, -0.2) is 0 Å². The molecule has 2 aromatic rings. The molecule has 2 aliphatic heterocycles. The Kier molecular flexibility index (Phi) is 5.99. The second-order valence-electron chi connectivity index (χ2n) is 7.47. The van der Waals surface area contributed by atoms with Gasteiger partial charge in [-0.3, -0.25) is 19.3 Å². The SMILES string of the molecule is CC(=O)N1CCN(c2ccc(NC(=O)CN3C(=O)COc4ccc(Cl)cc43)cc2)CC1. The van der Waals surface area contributed by atoms with Gasteiger partial charge in [0.15, 0.2) is 6.61 Å². The number of carbonyl (C=O) groups excluding carboxylic acids is 3. The van der Waals surface area contributed by atoms with Gasteiger partial charge in [0.1, 0.15) is 12.3 Å². The summed E-state index contributed by atoms with van der Waals surface area (Å²) in [5.74, 6) is 0.00124. The van der Waals surface area contributed by atoms with Crippen molar-refractivity contribution < 1.29 is 19.1 Å². The lowest BCUT2D eigenvalue weighted by atomic mass is 10.2. The van der Waals surface area contributed by atoms with Gasteiger partial charge in [-0.2, -0.15) is 0 Å². The minimum Gasteiger partial charge on any atom is -0.482 e. The number of amides is 3. The topological polar surface area (TPSA) is 82.2 Å². The average Bonchev–Trinajstić information content (AvgIpc) is 2.76. The lowest BCUT2D eigenvalue weighted by Gasteiger charge is -2.35. The highest BCUT2D eigenvalue weighted by molar-refractivity contribution is 6.31. The zero-order valence-corrected chi connectivity index (χ0v) is 17.9. The third-order valence-corrected chi connectivity index (χ3v) is 5.64. The van der Waals surface area contributed by atoms with E-state index in [1.165, 1.54) is 4.90 Å². The molecular formula is C22H23ClN4O4. The molecule has 0 radical (unpaired) electrons. The van der Waals surface area contributed by atoms with Gasteiger partial charge in [0, 0.05) is 49.5 Å². The first kappa shape index (κ1) is 21.0. The van der Waals surface area contributed by atoms with Gasteiger partial charge in [0.2, 0.25) is 11.8 Å². The summed E-state index contributed by atoms with van der Waals surface area (Å²) < 4.78 is 5.40. The highest BCUT2D eigenvalue weighted by Crippen LogP contribution is 2.34. The molecule has 2 aliphatic rings. The van der Waals surface area contributed by atoms with Crippen molar-refractivity contribution in [3.8, 4) is 5.75 Å². The molecule has 1 saturated heterocycles. The summed E-state index contributed by atoms with van der Waals surface area (Å²) in [6.07, 6.45) is 0. The van der Waals surface area contributed by atoms with Crippen LogP contribution in [0.2, 0.25) is 5.02 Å². The summed E-state index contributed by atoms with van der Waals surface area (Å²) in [4.78, 5) is 41.8. The zero-order chi connectivity index (χ0) is 22.0. The first-order valence-electron chi connectivity index (χ1n) is 10.0. The van der Waals surface area contributed by atoms with Crippen molar-refractivity contribution in [2.24, 2.45) is 0 Å². The molecule has 0 spiro atoms. The summed E-state index contributed by atoms with van der Waals surface area (Å²) in [5.41, 5.74) is 2.16. The lowest BCUT2D eigenvalue weighted by Crippen LogP contribution is -2.48. The van der Waals surface area contributed by atoms with Gasteiger partial charge >= 0.3 is 0 Å². The normalized spacial score (nSPS) is 15.9. The lowest BCUT2D eigenvalue weighted by molar-refractivity contribution is -0.129. The van der Waals surface area contributed by atoms with Crippen LogP contribution in [0, 0.1) is 0 Å². The Bertz CT molecular complexity index is 1000. The van der Waals surface area contributed by atoms with E-state index < -0.39 is 0 Å².